The largest absolute Gasteiger partial charge is 0.333 e. The Bertz CT molecular complexity index is 162. The van der Waals surface area contributed by atoms with Crippen molar-refractivity contribution in [2.75, 3.05) is 6.17 Å². The molecule has 0 bridgehead atoms. The Kier molecular flexibility index (Phi) is 2.48. The maximum Gasteiger partial charge on any atom is 0.0973 e. The third kappa shape index (κ3) is 1.99. The van der Waals surface area contributed by atoms with Gasteiger partial charge in [0.05, 0.1) is 9.52 Å². The van der Waals surface area contributed by atoms with Crippen molar-refractivity contribution >= 4 is 14.7 Å². The lowest BCUT2D eigenvalue weighted by Crippen LogP contribution is -2.22. The van der Waals surface area contributed by atoms with Crippen LogP contribution < -0.4 is 10.9 Å². The molecule has 0 aliphatic carbocycles. The minimum absolute atomic E-state index is 0.765. The highest BCUT2D eigenvalue weighted by molar-refractivity contribution is 6.53. The molecule has 2 radical (unpaired) electrons. The van der Waals surface area contributed by atoms with Gasteiger partial charge in [-0.1, -0.05) is 35.5 Å². The van der Waals surface area contributed by atoms with Gasteiger partial charge in [0.1, 0.15) is 0 Å². The molecule has 0 unspecified atom stereocenters. The van der Waals surface area contributed by atoms with E-state index in [4.69, 9.17) is 5.73 Å². The van der Waals surface area contributed by atoms with Gasteiger partial charge in [-0.3, -0.25) is 0 Å². The van der Waals surface area contributed by atoms with Crippen LogP contribution in [-0.4, -0.2) is 15.7 Å². The van der Waals surface area contributed by atoms with Crippen molar-refractivity contribution in [3.05, 3.63) is 30.3 Å². The summed E-state index contributed by atoms with van der Waals surface area (Å²) in [6.07, 6.45) is 0.768. The van der Waals surface area contributed by atoms with E-state index in [1.165, 1.54) is 5.19 Å². The van der Waals surface area contributed by atoms with Gasteiger partial charge in [-0.2, -0.15) is 0 Å². The molecular formula is C7H9NSi. The quantitative estimate of drug-likeness (QED) is 0.565. The summed E-state index contributed by atoms with van der Waals surface area (Å²) in [5.41, 5.74) is 5.37. The van der Waals surface area contributed by atoms with Gasteiger partial charge >= 0.3 is 0 Å². The molecule has 0 amide bonds. The molecule has 0 fully saturated rings. The SMILES string of the molecule is NC[Si]c1ccccc1. The Labute approximate surface area is 57.7 Å². The molecule has 0 spiro atoms. The Morgan fingerprint density at radius 3 is 2.44 bits per heavy atom. The summed E-state index contributed by atoms with van der Waals surface area (Å²) in [6.45, 7) is 0. The number of hydrogen-bond donors (Lipinski definition) is 1. The third-order valence-corrected chi connectivity index (χ3v) is 2.03. The molecule has 0 heterocycles. The van der Waals surface area contributed by atoms with Crippen molar-refractivity contribution in [1.29, 1.82) is 0 Å². The maximum atomic E-state index is 5.37. The van der Waals surface area contributed by atoms with Crippen LogP contribution in [0.1, 0.15) is 0 Å². The predicted molar refractivity (Wildman–Crippen MR) is 40.9 cm³/mol. The van der Waals surface area contributed by atoms with Gasteiger partial charge < -0.3 is 5.73 Å². The molecule has 1 aromatic rings. The molecule has 0 aromatic heterocycles. The molecule has 46 valence electrons. The van der Waals surface area contributed by atoms with Crippen molar-refractivity contribution in [1.82, 2.24) is 0 Å². The van der Waals surface area contributed by atoms with Crippen molar-refractivity contribution in [3.63, 3.8) is 0 Å². The molecule has 2 heteroatoms. The van der Waals surface area contributed by atoms with Gasteiger partial charge in [0, 0.05) is 0 Å². The fourth-order valence-corrected chi connectivity index (χ4v) is 1.34. The normalized spacial score (nSPS) is 9.44. The first-order valence-electron chi connectivity index (χ1n) is 2.92. The smallest absolute Gasteiger partial charge is 0.0973 e. The molecule has 0 saturated carbocycles. The molecule has 2 N–H and O–H groups in total. The number of nitrogens with two attached hydrogens (primary N) is 1. The van der Waals surface area contributed by atoms with Crippen molar-refractivity contribution < 1.29 is 0 Å². The second-order valence-electron chi connectivity index (χ2n) is 1.75. The number of hydrogen-bond acceptors (Lipinski definition) is 1. The Balaban J connectivity index is 2.61. The minimum Gasteiger partial charge on any atom is -0.333 e. The lowest BCUT2D eigenvalue weighted by atomic mass is 10.4. The van der Waals surface area contributed by atoms with Crippen LogP contribution in [0.5, 0.6) is 0 Å². The van der Waals surface area contributed by atoms with E-state index in [-0.39, 0.29) is 0 Å². The lowest BCUT2D eigenvalue weighted by molar-refractivity contribution is 1.37. The zero-order chi connectivity index (χ0) is 6.53. The average Bonchev–Trinajstić information content (AvgIpc) is 1.91. The fourth-order valence-electron chi connectivity index (χ4n) is 0.674. The van der Waals surface area contributed by atoms with Crippen LogP contribution in [0.4, 0.5) is 0 Å². The summed E-state index contributed by atoms with van der Waals surface area (Å²) >= 11 is 0. The summed E-state index contributed by atoms with van der Waals surface area (Å²) in [5, 5.41) is 1.35. The van der Waals surface area contributed by atoms with E-state index in [0.29, 0.717) is 0 Å². The van der Waals surface area contributed by atoms with E-state index >= 15 is 0 Å². The van der Waals surface area contributed by atoms with Crippen LogP contribution in [0.25, 0.3) is 0 Å². The molecule has 0 aliphatic rings. The van der Waals surface area contributed by atoms with Gasteiger partial charge in [-0.25, -0.2) is 0 Å². The maximum absolute atomic E-state index is 5.37. The highest BCUT2D eigenvalue weighted by Crippen LogP contribution is 1.79. The highest BCUT2D eigenvalue weighted by atomic mass is 28.2. The Morgan fingerprint density at radius 2 is 1.89 bits per heavy atom. The van der Waals surface area contributed by atoms with Crippen LogP contribution >= 0.6 is 0 Å². The molecule has 1 nitrogen and oxygen atoms in total. The predicted octanol–water partition coefficient (Wildman–Crippen LogP) is -0.0677. The van der Waals surface area contributed by atoms with E-state index in [0.717, 1.165) is 15.7 Å². The molecule has 0 saturated heterocycles. The second-order valence-corrected chi connectivity index (χ2v) is 3.09. The first-order valence-corrected chi connectivity index (χ1v) is 4.13. The van der Waals surface area contributed by atoms with Crippen molar-refractivity contribution in [2.45, 2.75) is 0 Å². The topological polar surface area (TPSA) is 26.0 Å². The zero-order valence-corrected chi connectivity index (χ0v) is 6.17. The van der Waals surface area contributed by atoms with Crippen LogP contribution in [0.2, 0.25) is 0 Å². The second kappa shape index (κ2) is 3.43. The monoisotopic (exact) mass is 135 g/mol. The van der Waals surface area contributed by atoms with E-state index in [1.807, 2.05) is 18.2 Å². The molecular weight excluding hydrogens is 126 g/mol. The summed E-state index contributed by atoms with van der Waals surface area (Å²) < 4.78 is 0. The fraction of sp³-hybridized carbons (Fsp3) is 0.143. The first-order chi connectivity index (χ1) is 4.43. The molecule has 1 rings (SSSR count). The van der Waals surface area contributed by atoms with E-state index in [9.17, 15) is 0 Å². The van der Waals surface area contributed by atoms with Crippen molar-refractivity contribution in [3.8, 4) is 0 Å². The van der Waals surface area contributed by atoms with Gasteiger partial charge in [-0.15, -0.1) is 0 Å². The van der Waals surface area contributed by atoms with E-state index < -0.39 is 0 Å². The molecule has 0 aliphatic heterocycles. The summed E-state index contributed by atoms with van der Waals surface area (Å²) in [4.78, 5) is 0. The Hall–Kier alpha value is -0.603. The Morgan fingerprint density at radius 1 is 1.22 bits per heavy atom. The first kappa shape index (κ1) is 6.52. The summed E-state index contributed by atoms with van der Waals surface area (Å²) in [5.74, 6) is 0. The summed E-state index contributed by atoms with van der Waals surface area (Å²) in [7, 11) is 0.765. The molecule has 0 atom stereocenters. The van der Waals surface area contributed by atoms with Crippen LogP contribution in [0, 0.1) is 0 Å². The molecule has 9 heavy (non-hydrogen) atoms. The van der Waals surface area contributed by atoms with E-state index in [2.05, 4.69) is 12.1 Å². The van der Waals surface area contributed by atoms with Gasteiger partial charge in [0.25, 0.3) is 0 Å². The van der Waals surface area contributed by atoms with Gasteiger partial charge in [0.2, 0.25) is 0 Å². The van der Waals surface area contributed by atoms with Crippen LogP contribution in [0.3, 0.4) is 0 Å². The lowest BCUT2D eigenvalue weighted by Gasteiger charge is -1.92. The number of benzene rings is 1. The van der Waals surface area contributed by atoms with Gasteiger partial charge in [0.15, 0.2) is 0 Å². The zero-order valence-electron chi connectivity index (χ0n) is 5.17. The van der Waals surface area contributed by atoms with E-state index in [1.54, 1.807) is 0 Å². The third-order valence-electron chi connectivity index (χ3n) is 1.08. The number of rotatable bonds is 2. The highest BCUT2D eigenvalue weighted by Gasteiger charge is 1.86. The molecule has 1 aromatic carbocycles. The van der Waals surface area contributed by atoms with Crippen LogP contribution in [0.15, 0.2) is 30.3 Å². The van der Waals surface area contributed by atoms with Crippen molar-refractivity contribution in [2.24, 2.45) is 5.73 Å². The van der Waals surface area contributed by atoms with Crippen LogP contribution in [-0.2, 0) is 0 Å². The summed E-state index contributed by atoms with van der Waals surface area (Å²) in [6, 6.07) is 10.3. The standard InChI is InChI=1S/C7H9NSi/c8-6-9-7-4-2-1-3-5-7/h1-5H,6,8H2. The van der Waals surface area contributed by atoms with Gasteiger partial charge in [-0.05, 0) is 6.17 Å². The average molecular weight is 135 g/mol. The minimum atomic E-state index is 0.765.